The van der Waals surface area contributed by atoms with E-state index in [1.165, 1.54) is 18.5 Å². The van der Waals surface area contributed by atoms with Crippen LogP contribution in [0.1, 0.15) is 26.7 Å². The Morgan fingerprint density at radius 3 is 2.89 bits per heavy atom. The lowest BCUT2D eigenvalue weighted by molar-refractivity contribution is 0.234. The minimum Gasteiger partial charge on any atom is -0.366 e. The topological polar surface area (TPSA) is 15.3 Å². The first-order chi connectivity index (χ1) is 8.55. The number of nitrogens with zero attached hydrogens (tertiary/aromatic N) is 1. The molecule has 0 radical (unpaired) electrons. The zero-order valence-corrected chi connectivity index (χ0v) is 13.1. The fourth-order valence-corrected chi connectivity index (χ4v) is 3.45. The Bertz CT molecular complexity index is 401. The Morgan fingerprint density at radius 2 is 2.22 bits per heavy atom. The summed E-state index contributed by atoms with van der Waals surface area (Å²) in [6, 6.07) is 8.65. The number of hydrogen-bond acceptors (Lipinski definition) is 2. The molecule has 18 heavy (non-hydrogen) atoms. The lowest BCUT2D eigenvalue weighted by Gasteiger charge is -2.49. The maximum Gasteiger partial charge on any atom is 0.0386 e. The Morgan fingerprint density at radius 1 is 1.44 bits per heavy atom. The minimum atomic E-state index is 0.210. The third kappa shape index (κ3) is 2.72. The van der Waals surface area contributed by atoms with Crippen LogP contribution in [0.5, 0.6) is 0 Å². The van der Waals surface area contributed by atoms with Crippen LogP contribution in [-0.4, -0.2) is 25.7 Å². The monoisotopic (exact) mass is 310 g/mol. The highest BCUT2D eigenvalue weighted by atomic mass is 79.9. The summed E-state index contributed by atoms with van der Waals surface area (Å²) in [4.78, 5) is 2.56. The number of rotatable bonds is 3. The number of hydrogen-bond donors (Lipinski definition) is 1. The lowest BCUT2D eigenvalue weighted by Crippen LogP contribution is -2.55. The molecule has 1 aliphatic rings. The van der Waals surface area contributed by atoms with Crippen LogP contribution >= 0.6 is 15.9 Å². The van der Waals surface area contributed by atoms with E-state index in [4.69, 9.17) is 0 Å². The molecule has 1 saturated heterocycles. The second kappa shape index (κ2) is 5.62. The predicted octanol–water partition coefficient (Wildman–Crippen LogP) is 3.66. The summed E-state index contributed by atoms with van der Waals surface area (Å²) in [7, 11) is 2.05. The number of benzene rings is 1. The van der Waals surface area contributed by atoms with Gasteiger partial charge in [-0.2, -0.15) is 0 Å². The van der Waals surface area contributed by atoms with Gasteiger partial charge in [-0.25, -0.2) is 0 Å². The molecule has 1 aromatic rings. The van der Waals surface area contributed by atoms with Crippen molar-refractivity contribution in [1.29, 1.82) is 0 Å². The largest absolute Gasteiger partial charge is 0.366 e. The van der Waals surface area contributed by atoms with Gasteiger partial charge >= 0.3 is 0 Å². The van der Waals surface area contributed by atoms with Crippen molar-refractivity contribution in [3.8, 4) is 0 Å². The number of halogens is 1. The van der Waals surface area contributed by atoms with E-state index >= 15 is 0 Å². The summed E-state index contributed by atoms with van der Waals surface area (Å²) in [6.07, 6.45) is 2.60. The molecule has 0 saturated carbocycles. The van der Waals surface area contributed by atoms with E-state index < -0.39 is 0 Å². The summed E-state index contributed by atoms with van der Waals surface area (Å²) in [5.41, 5.74) is 1.54. The first kappa shape index (κ1) is 13.9. The molecule has 1 aromatic carbocycles. The zero-order valence-electron chi connectivity index (χ0n) is 11.5. The summed E-state index contributed by atoms with van der Waals surface area (Å²) in [5, 5.41) is 3.34. The standard InChI is InChI=1S/C15H23BrN2/c1-15(2)12(11-17-3)6-5-9-18(15)14-8-4-7-13(16)10-14/h4,7-8,10,12,17H,5-6,9,11H2,1-3H3. The molecule has 1 atom stereocenters. The first-order valence-electron chi connectivity index (χ1n) is 6.73. The fourth-order valence-electron chi connectivity index (χ4n) is 3.06. The second-order valence-electron chi connectivity index (χ2n) is 5.68. The molecular weight excluding hydrogens is 288 g/mol. The predicted molar refractivity (Wildman–Crippen MR) is 82.2 cm³/mol. The number of piperidine rings is 1. The van der Waals surface area contributed by atoms with Gasteiger partial charge in [-0.3, -0.25) is 0 Å². The Kier molecular flexibility index (Phi) is 4.33. The normalized spacial score (nSPS) is 23.1. The van der Waals surface area contributed by atoms with E-state index in [1.807, 2.05) is 7.05 Å². The smallest absolute Gasteiger partial charge is 0.0386 e. The SMILES string of the molecule is CNCC1CCCN(c2cccc(Br)c2)C1(C)C. The third-order valence-corrected chi connectivity index (χ3v) is 4.69. The van der Waals surface area contributed by atoms with Gasteiger partial charge in [0.25, 0.3) is 0 Å². The van der Waals surface area contributed by atoms with Gasteiger partial charge in [-0.05, 0) is 64.4 Å². The van der Waals surface area contributed by atoms with Gasteiger partial charge in [0.15, 0.2) is 0 Å². The van der Waals surface area contributed by atoms with E-state index in [0.29, 0.717) is 5.92 Å². The molecule has 2 nitrogen and oxygen atoms in total. The van der Waals surface area contributed by atoms with Crippen molar-refractivity contribution in [1.82, 2.24) is 5.32 Å². The molecular formula is C15H23BrN2. The maximum absolute atomic E-state index is 3.57. The van der Waals surface area contributed by atoms with Crippen molar-refractivity contribution in [3.05, 3.63) is 28.7 Å². The van der Waals surface area contributed by atoms with Gasteiger partial charge < -0.3 is 10.2 Å². The van der Waals surface area contributed by atoms with Crippen LogP contribution in [0.15, 0.2) is 28.7 Å². The lowest BCUT2D eigenvalue weighted by atomic mass is 9.78. The summed E-state index contributed by atoms with van der Waals surface area (Å²) in [6.45, 7) is 6.99. The van der Waals surface area contributed by atoms with Gasteiger partial charge in [0.2, 0.25) is 0 Å². The van der Waals surface area contributed by atoms with Crippen molar-refractivity contribution >= 4 is 21.6 Å². The Balaban J connectivity index is 2.26. The van der Waals surface area contributed by atoms with Crippen LogP contribution in [0.3, 0.4) is 0 Å². The molecule has 3 heteroatoms. The van der Waals surface area contributed by atoms with Crippen molar-refractivity contribution in [2.24, 2.45) is 5.92 Å². The number of nitrogens with one attached hydrogen (secondary N) is 1. The molecule has 0 bridgehead atoms. The van der Waals surface area contributed by atoms with Crippen LogP contribution in [-0.2, 0) is 0 Å². The molecule has 100 valence electrons. The van der Waals surface area contributed by atoms with E-state index in [9.17, 15) is 0 Å². The van der Waals surface area contributed by atoms with Crippen LogP contribution in [0.4, 0.5) is 5.69 Å². The molecule has 1 N–H and O–H groups in total. The molecule has 0 amide bonds. The summed E-state index contributed by atoms with van der Waals surface area (Å²) >= 11 is 3.57. The van der Waals surface area contributed by atoms with Crippen molar-refractivity contribution < 1.29 is 0 Å². The zero-order chi connectivity index (χ0) is 13.2. The van der Waals surface area contributed by atoms with Gasteiger partial charge in [0.05, 0.1) is 0 Å². The van der Waals surface area contributed by atoms with Gasteiger partial charge in [-0.1, -0.05) is 22.0 Å². The molecule has 0 aromatic heterocycles. The fraction of sp³-hybridized carbons (Fsp3) is 0.600. The molecule has 1 heterocycles. The van der Waals surface area contributed by atoms with E-state index in [-0.39, 0.29) is 5.54 Å². The highest BCUT2D eigenvalue weighted by Crippen LogP contribution is 2.37. The van der Waals surface area contributed by atoms with E-state index in [2.05, 4.69) is 64.3 Å². The molecule has 2 rings (SSSR count). The van der Waals surface area contributed by atoms with E-state index in [0.717, 1.165) is 17.6 Å². The highest BCUT2D eigenvalue weighted by Gasteiger charge is 2.38. The number of anilines is 1. The average molecular weight is 311 g/mol. The van der Waals surface area contributed by atoms with Crippen molar-refractivity contribution in [3.63, 3.8) is 0 Å². The quantitative estimate of drug-likeness (QED) is 0.916. The molecule has 1 unspecified atom stereocenters. The van der Waals surface area contributed by atoms with Crippen LogP contribution in [0, 0.1) is 5.92 Å². The van der Waals surface area contributed by atoms with Gasteiger partial charge in [0.1, 0.15) is 0 Å². The minimum absolute atomic E-state index is 0.210. The van der Waals surface area contributed by atoms with E-state index in [1.54, 1.807) is 0 Å². The Labute approximate surface area is 119 Å². The first-order valence-corrected chi connectivity index (χ1v) is 7.53. The van der Waals surface area contributed by atoms with Gasteiger partial charge in [0, 0.05) is 22.2 Å². The average Bonchev–Trinajstić information content (AvgIpc) is 2.31. The second-order valence-corrected chi connectivity index (χ2v) is 6.60. The molecule has 1 aliphatic heterocycles. The molecule has 0 aliphatic carbocycles. The van der Waals surface area contributed by atoms with Crippen LogP contribution in [0.2, 0.25) is 0 Å². The maximum atomic E-state index is 3.57. The van der Waals surface area contributed by atoms with Crippen molar-refractivity contribution in [2.45, 2.75) is 32.2 Å². The Hall–Kier alpha value is -0.540. The molecule has 1 fully saturated rings. The molecule has 0 spiro atoms. The van der Waals surface area contributed by atoms with Crippen LogP contribution in [0.25, 0.3) is 0 Å². The van der Waals surface area contributed by atoms with Crippen molar-refractivity contribution in [2.75, 3.05) is 25.0 Å². The summed E-state index contributed by atoms with van der Waals surface area (Å²) in [5.74, 6) is 0.704. The third-order valence-electron chi connectivity index (χ3n) is 4.20. The van der Waals surface area contributed by atoms with Gasteiger partial charge in [-0.15, -0.1) is 0 Å². The summed E-state index contributed by atoms with van der Waals surface area (Å²) < 4.78 is 1.16. The van der Waals surface area contributed by atoms with Crippen LogP contribution < -0.4 is 10.2 Å². The highest BCUT2D eigenvalue weighted by molar-refractivity contribution is 9.10.